The Morgan fingerprint density at radius 2 is 1.88 bits per heavy atom. The predicted octanol–water partition coefficient (Wildman–Crippen LogP) is 7.21. The summed E-state index contributed by atoms with van der Waals surface area (Å²) in [4.78, 5) is 1.13. The Morgan fingerprint density at radius 3 is 2.69 bits per heavy atom. The van der Waals surface area contributed by atoms with Crippen LogP contribution in [0.25, 0.3) is 10.9 Å². The number of thioether (sulfide) groups is 1. The molecular weight excluding hydrogens is 436 g/mol. The zero-order valence-electron chi connectivity index (χ0n) is 18.2. The molecule has 0 radical (unpaired) electrons. The number of nitrogens with zero attached hydrogens (tertiary/aromatic N) is 3. The van der Waals surface area contributed by atoms with Crippen molar-refractivity contribution in [2.45, 2.75) is 25.3 Å². The van der Waals surface area contributed by atoms with Crippen LogP contribution < -0.4 is 5.32 Å². The van der Waals surface area contributed by atoms with Crippen molar-refractivity contribution in [3.63, 3.8) is 0 Å². The van der Waals surface area contributed by atoms with Crippen molar-refractivity contribution in [3.8, 4) is 5.88 Å². The molecule has 4 rings (SSSR count). The molecule has 32 heavy (non-hydrogen) atoms. The Hall–Kier alpha value is -3.16. The highest BCUT2D eigenvalue weighted by molar-refractivity contribution is 7.98. The van der Waals surface area contributed by atoms with Gasteiger partial charge in [0, 0.05) is 16.0 Å². The Morgan fingerprint density at radius 1 is 1.06 bits per heavy atom. The van der Waals surface area contributed by atoms with E-state index in [1.807, 2.05) is 59.4 Å². The highest BCUT2D eigenvalue weighted by atomic mass is 32.2. The summed E-state index contributed by atoms with van der Waals surface area (Å²) in [5.41, 5.74) is 5.66. The molecule has 0 aliphatic heterocycles. The summed E-state index contributed by atoms with van der Waals surface area (Å²) < 4.78 is 1.86. The number of hydrogen-bond donors (Lipinski definition) is 2. The molecule has 1 heterocycles. The van der Waals surface area contributed by atoms with E-state index in [9.17, 15) is 5.11 Å². The molecule has 162 valence electrons. The van der Waals surface area contributed by atoms with Gasteiger partial charge in [0.2, 0.25) is 11.0 Å². The summed E-state index contributed by atoms with van der Waals surface area (Å²) in [5.74, 6) is 0.0723. The first-order valence-corrected chi connectivity index (χ1v) is 11.8. The predicted molar refractivity (Wildman–Crippen MR) is 138 cm³/mol. The normalized spacial score (nSPS) is 11.3. The van der Waals surface area contributed by atoms with E-state index in [-0.39, 0.29) is 11.0 Å². The van der Waals surface area contributed by atoms with Gasteiger partial charge in [-0.1, -0.05) is 48.0 Å². The third-order valence-corrected chi connectivity index (χ3v) is 6.22. The number of hydrogen-bond acceptors (Lipinski definition) is 4. The second-order valence-electron chi connectivity index (χ2n) is 7.57. The van der Waals surface area contributed by atoms with Crippen molar-refractivity contribution < 1.29 is 5.11 Å². The minimum atomic E-state index is 0.0723. The van der Waals surface area contributed by atoms with Crippen LogP contribution in [-0.2, 0) is 6.54 Å². The Bertz CT molecular complexity index is 1330. The van der Waals surface area contributed by atoms with Gasteiger partial charge in [-0.3, -0.25) is 0 Å². The monoisotopic (exact) mass is 460 g/mol. The summed E-state index contributed by atoms with van der Waals surface area (Å²) in [6.45, 7) is 4.69. The van der Waals surface area contributed by atoms with Crippen LogP contribution in [-0.4, -0.2) is 21.0 Å². The van der Waals surface area contributed by atoms with Crippen molar-refractivity contribution in [1.82, 2.24) is 4.57 Å². The van der Waals surface area contributed by atoms with Crippen molar-refractivity contribution in [2.24, 2.45) is 10.2 Å². The molecular formula is C25H24N4OS2. The number of aryl methyl sites for hydroxylation is 2. The summed E-state index contributed by atoms with van der Waals surface area (Å²) in [5, 5.41) is 23.7. The molecule has 0 aliphatic rings. The van der Waals surface area contributed by atoms with Gasteiger partial charge >= 0.3 is 0 Å². The molecule has 1 aromatic heterocycles. The van der Waals surface area contributed by atoms with E-state index in [0.717, 1.165) is 27.0 Å². The van der Waals surface area contributed by atoms with E-state index in [4.69, 9.17) is 12.2 Å². The molecule has 5 nitrogen and oxygen atoms in total. The minimum Gasteiger partial charge on any atom is -0.493 e. The van der Waals surface area contributed by atoms with Gasteiger partial charge in [-0.15, -0.1) is 22.0 Å². The second kappa shape index (κ2) is 9.54. The standard InChI is InChI=1S/C25H24N4OS2/c1-16-11-12-17(2)18(13-16)15-29-22-10-5-4-9-21(22)23(24(29)30)27-28-25(31)26-19-7-6-8-20(14-19)32-3/h4-14,30H,15H2,1-3H3,(H,26,31). The second-order valence-corrected chi connectivity index (χ2v) is 8.83. The van der Waals surface area contributed by atoms with Crippen molar-refractivity contribution in [2.75, 3.05) is 11.6 Å². The molecule has 0 saturated carbocycles. The van der Waals surface area contributed by atoms with Crippen molar-refractivity contribution in [3.05, 3.63) is 83.4 Å². The third-order valence-electron chi connectivity index (χ3n) is 5.31. The Balaban J connectivity index is 1.65. The molecule has 0 unspecified atom stereocenters. The fraction of sp³-hybridized carbons (Fsp3) is 0.160. The number of para-hydroxylation sites is 1. The number of rotatable bonds is 5. The van der Waals surface area contributed by atoms with Crippen LogP contribution in [0.3, 0.4) is 0 Å². The highest BCUT2D eigenvalue weighted by Crippen LogP contribution is 2.39. The van der Waals surface area contributed by atoms with Crippen LogP contribution in [0.4, 0.5) is 11.4 Å². The van der Waals surface area contributed by atoms with Gasteiger partial charge in [0.25, 0.3) is 0 Å². The fourth-order valence-corrected chi connectivity index (χ4v) is 4.23. The first-order valence-electron chi connectivity index (χ1n) is 10.2. The molecule has 0 atom stereocenters. The number of benzene rings is 3. The number of nitrogens with one attached hydrogen (secondary N) is 1. The van der Waals surface area contributed by atoms with Crippen LogP contribution in [0, 0.1) is 13.8 Å². The van der Waals surface area contributed by atoms with Crippen molar-refractivity contribution in [1.29, 1.82) is 0 Å². The summed E-state index contributed by atoms with van der Waals surface area (Å²) >= 11 is 7.01. The average Bonchev–Trinajstić information content (AvgIpc) is 3.06. The molecule has 0 amide bonds. The third kappa shape index (κ3) is 4.69. The van der Waals surface area contributed by atoms with Crippen molar-refractivity contribution >= 4 is 51.4 Å². The van der Waals surface area contributed by atoms with Crippen LogP contribution >= 0.6 is 24.0 Å². The van der Waals surface area contributed by atoms with E-state index in [0.29, 0.717) is 12.2 Å². The van der Waals surface area contributed by atoms with E-state index in [1.165, 1.54) is 11.1 Å². The molecule has 0 fully saturated rings. The maximum absolute atomic E-state index is 11.0. The van der Waals surface area contributed by atoms with E-state index in [1.54, 1.807) is 11.8 Å². The quantitative estimate of drug-likeness (QED) is 0.188. The summed E-state index contributed by atoms with van der Waals surface area (Å²) in [7, 11) is 0. The van der Waals surface area contributed by atoms with Gasteiger partial charge < -0.3 is 15.0 Å². The molecule has 4 aromatic rings. The zero-order chi connectivity index (χ0) is 22.7. The van der Waals surface area contributed by atoms with Gasteiger partial charge in [0.05, 0.1) is 12.1 Å². The van der Waals surface area contributed by atoms with Crippen LogP contribution in [0.15, 0.2) is 81.9 Å². The van der Waals surface area contributed by atoms with E-state index >= 15 is 0 Å². The fourth-order valence-electron chi connectivity index (χ4n) is 3.62. The smallest absolute Gasteiger partial charge is 0.221 e. The Kier molecular flexibility index (Phi) is 6.58. The van der Waals surface area contributed by atoms with Crippen LogP contribution in [0.5, 0.6) is 5.88 Å². The van der Waals surface area contributed by atoms with Crippen LogP contribution in [0.1, 0.15) is 16.7 Å². The largest absolute Gasteiger partial charge is 0.493 e. The zero-order valence-corrected chi connectivity index (χ0v) is 19.8. The summed E-state index contributed by atoms with van der Waals surface area (Å²) in [6.07, 6.45) is 2.02. The van der Waals surface area contributed by atoms with Gasteiger partial charge in [-0.25, -0.2) is 0 Å². The number of anilines is 1. The van der Waals surface area contributed by atoms with Gasteiger partial charge in [0.1, 0.15) is 0 Å². The van der Waals surface area contributed by atoms with E-state index < -0.39 is 0 Å². The maximum Gasteiger partial charge on any atom is 0.221 e. The lowest BCUT2D eigenvalue weighted by molar-refractivity contribution is 0.429. The Labute approximate surface area is 197 Å². The minimum absolute atomic E-state index is 0.0723. The lowest BCUT2D eigenvalue weighted by Gasteiger charge is -2.11. The SMILES string of the molecule is CSc1cccc(NC(=S)N=Nc2c(O)n(Cc3cc(C)ccc3C)c3ccccc23)c1. The molecule has 0 saturated heterocycles. The number of thiocarbonyl (C=S) groups is 1. The van der Waals surface area contributed by atoms with Gasteiger partial charge in [-0.2, -0.15) is 0 Å². The van der Waals surface area contributed by atoms with Crippen LogP contribution in [0.2, 0.25) is 0 Å². The lowest BCUT2D eigenvalue weighted by atomic mass is 10.1. The number of azo groups is 1. The average molecular weight is 461 g/mol. The number of fused-ring (bicyclic) bond motifs is 1. The molecule has 7 heteroatoms. The van der Waals surface area contributed by atoms with E-state index in [2.05, 4.69) is 47.6 Å². The maximum atomic E-state index is 11.0. The summed E-state index contributed by atoms with van der Waals surface area (Å²) in [6, 6.07) is 22.0. The molecule has 0 bridgehead atoms. The molecule has 0 aliphatic carbocycles. The van der Waals surface area contributed by atoms with Gasteiger partial charge in [0.15, 0.2) is 5.69 Å². The molecule has 2 N–H and O–H groups in total. The topological polar surface area (TPSA) is 61.9 Å². The number of aromatic hydroxyl groups is 1. The first-order chi connectivity index (χ1) is 15.5. The number of aromatic nitrogens is 1. The lowest BCUT2D eigenvalue weighted by Crippen LogP contribution is -2.04. The first kappa shape index (κ1) is 22.0. The molecule has 3 aromatic carbocycles. The van der Waals surface area contributed by atoms with Gasteiger partial charge in [-0.05, 0) is 67.7 Å². The highest BCUT2D eigenvalue weighted by Gasteiger charge is 2.17. The molecule has 0 spiro atoms.